The first kappa shape index (κ1) is 28.3. The number of hydrogen-bond donors (Lipinski definition) is 0. The number of pyridine rings is 1. The van der Waals surface area contributed by atoms with Crippen LogP contribution in [0.15, 0.2) is 180 Å². The maximum Gasteiger partial charge on any atom is 0.0716 e. The molecule has 49 heavy (non-hydrogen) atoms. The Bertz CT molecular complexity index is 2690. The molecule has 230 valence electrons. The second-order valence-corrected chi connectivity index (χ2v) is 14.5. The van der Waals surface area contributed by atoms with Crippen LogP contribution in [0.3, 0.4) is 0 Å². The zero-order chi connectivity index (χ0) is 32.3. The molecule has 0 fully saturated rings. The minimum Gasteiger partial charge on any atom is -0.308 e. The monoisotopic (exact) mass is 660 g/mol. The van der Waals surface area contributed by atoms with Gasteiger partial charge in [0.25, 0.3) is 0 Å². The summed E-state index contributed by atoms with van der Waals surface area (Å²) in [6, 6.07) is 61.4. The van der Waals surface area contributed by atoms with Crippen molar-refractivity contribution in [3.8, 4) is 33.5 Å². The predicted octanol–water partition coefficient (Wildman–Crippen LogP) is 13.5. The molecule has 0 saturated carbocycles. The van der Waals surface area contributed by atoms with Gasteiger partial charge in [0, 0.05) is 46.6 Å². The fraction of sp³-hybridized carbons (Fsp3) is 0. The minimum absolute atomic E-state index is 0.977. The van der Waals surface area contributed by atoms with Crippen molar-refractivity contribution in [2.75, 3.05) is 4.90 Å². The predicted molar refractivity (Wildman–Crippen MR) is 210 cm³/mol. The number of rotatable bonds is 4. The van der Waals surface area contributed by atoms with E-state index < -0.39 is 0 Å². The molecule has 3 heterocycles. The Labute approximate surface area is 292 Å². The van der Waals surface area contributed by atoms with Crippen LogP contribution in [-0.2, 0) is 0 Å². The highest BCUT2D eigenvalue weighted by Crippen LogP contribution is 2.52. The summed E-state index contributed by atoms with van der Waals surface area (Å²) in [4.78, 5) is 10.1. The van der Waals surface area contributed by atoms with Crippen LogP contribution in [0.25, 0.3) is 64.6 Å². The first-order valence-corrected chi connectivity index (χ1v) is 18.1. The Morgan fingerprint density at radius 1 is 0.429 bits per heavy atom. The lowest BCUT2D eigenvalue weighted by atomic mass is 9.97. The Morgan fingerprint density at radius 2 is 1.10 bits per heavy atom. The van der Waals surface area contributed by atoms with Crippen LogP contribution in [0.4, 0.5) is 17.1 Å². The number of fused-ring (bicyclic) bond motifs is 6. The minimum atomic E-state index is 0.977. The van der Waals surface area contributed by atoms with Gasteiger partial charge in [0.15, 0.2) is 0 Å². The van der Waals surface area contributed by atoms with Gasteiger partial charge in [-0.05, 0) is 89.0 Å². The quantitative estimate of drug-likeness (QED) is 0.187. The molecule has 2 nitrogen and oxygen atoms in total. The molecule has 0 radical (unpaired) electrons. The summed E-state index contributed by atoms with van der Waals surface area (Å²) in [5.74, 6) is 0. The molecule has 0 bridgehead atoms. The number of para-hydroxylation sites is 2. The van der Waals surface area contributed by atoms with E-state index >= 15 is 0 Å². The Morgan fingerprint density at radius 3 is 2.00 bits per heavy atom. The normalized spacial score (nSPS) is 12.4. The Hall–Kier alpha value is -5.68. The maximum absolute atomic E-state index is 5.22. The van der Waals surface area contributed by atoms with Gasteiger partial charge in [0.05, 0.1) is 22.6 Å². The first-order valence-electron chi connectivity index (χ1n) is 16.5. The van der Waals surface area contributed by atoms with Gasteiger partial charge >= 0.3 is 0 Å². The molecule has 10 rings (SSSR count). The van der Waals surface area contributed by atoms with Gasteiger partial charge < -0.3 is 4.90 Å². The molecular weight excluding hydrogens is 633 g/mol. The third-order valence-electron chi connectivity index (χ3n) is 9.46. The highest BCUT2D eigenvalue weighted by molar-refractivity contribution is 7.99. The van der Waals surface area contributed by atoms with Crippen molar-refractivity contribution in [1.29, 1.82) is 0 Å². The molecule has 4 heteroatoms. The lowest BCUT2D eigenvalue weighted by Gasteiger charge is -2.33. The summed E-state index contributed by atoms with van der Waals surface area (Å²) in [6.45, 7) is 0. The van der Waals surface area contributed by atoms with E-state index in [4.69, 9.17) is 4.98 Å². The summed E-state index contributed by atoms with van der Waals surface area (Å²) in [5, 5.41) is 3.78. The molecule has 1 aliphatic heterocycles. The zero-order valence-electron chi connectivity index (χ0n) is 26.4. The third kappa shape index (κ3) is 4.83. The molecular formula is C45H28N2S2. The molecule has 1 aliphatic rings. The smallest absolute Gasteiger partial charge is 0.0716 e. The molecule has 0 saturated heterocycles. The van der Waals surface area contributed by atoms with Crippen molar-refractivity contribution >= 4 is 71.2 Å². The van der Waals surface area contributed by atoms with E-state index in [1.54, 1.807) is 0 Å². The van der Waals surface area contributed by atoms with Crippen molar-refractivity contribution in [2.24, 2.45) is 0 Å². The van der Waals surface area contributed by atoms with Crippen LogP contribution in [0.2, 0.25) is 0 Å². The molecule has 7 aromatic carbocycles. The van der Waals surface area contributed by atoms with E-state index in [2.05, 4.69) is 175 Å². The van der Waals surface area contributed by atoms with Crippen LogP contribution < -0.4 is 4.90 Å². The van der Waals surface area contributed by atoms with Crippen molar-refractivity contribution in [3.63, 3.8) is 0 Å². The molecule has 0 atom stereocenters. The van der Waals surface area contributed by atoms with Gasteiger partial charge in [-0.15, -0.1) is 11.3 Å². The summed E-state index contributed by atoms with van der Waals surface area (Å²) < 4.78 is 2.64. The summed E-state index contributed by atoms with van der Waals surface area (Å²) in [7, 11) is 0. The van der Waals surface area contributed by atoms with Gasteiger partial charge in [0.2, 0.25) is 0 Å². The van der Waals surface area contributed by atoms with Crippen molar-refractivity contribution in [2.45, 2.75) is 9.79 Å². The fourth-order valence-corrected chi connectivity index (χ4v) is 9.27. The fourth-order valence-electron chi connectivity index (χ4n) is 7.08. The van der Waals surface area contributed by atoms with E-state index in [9.17, 15) is 0 Å². The van der Waals surface area contributed by atoms with Crippen LogP contribution in [-0.4, -0.2) is 4.98 Å². The van der Waals surface area contributed by atoms with Gasteiger partial charge in [-0.25, -0.2) is 4.98 Å². The highest BCUT2D eigenvalue weighted by Gasteiger charge is 2.25. The number of benzene rings is 7. The van der Waals surface area contributed by atoms with Crippen molar-refractivity contribution < 1.29 is 0 Å². The van der Waals surface area contributed by atoms with Crippen molar-refractivity contribution in [3.05, 3.63) is 170 Å². The lowest BCUT2D eigenvalue weighted by Crippen LogP contribution is -2.14. The molecule has 0 spiro atoms. The van der Waals surface area contributed by atoms with Crippen LogP contribution in [0, 0.1) is 0 Å². The largest absolute Gasteiger partial charge is 0.308 e. The number of hydrogen-bond acceptors (Lipinski definition) is 4. The Kier molecular flexibility index (Phi) is 6.64. The van der Waals surface area contributed by atoms with E-state index in [0.29, 0.717) is 0 Å². The molecule has 2 aromatic heterocycles. The van der Waals surface area contributed by atoms with E-state index in [1.165, 1.54) is 63.6 Å². The van der Waals surface area contributed by atoms with Gasteiger partial charge in [-0.1, -0.05) is 115 Å². The van der Waals surface area contributed by atoms with Gasteiger partial charge in [0.1, 0.15) is 0 Å². The van der Waals surface area contributed by atoms with E-state index in [1.807, 2.05) is 23.1 Å². The second-order valence-electron chi connectivity index (χ2n) is 12.4. The number of nitrogens with zero attached hydrogens (tertiary/aromatic N) is 2. The number of aromatic nitrogens is 1. The second kappa shape index (κ2) is 11.5. The topological polar surface area (TPSA) is 16.1 Å². The van der Waals surface area contributed by atoms with Crippen LogP contribution in [0.5, 0.6) is 0 Å². The van der Waals surface area contributed by atoms with Crippen LogP contribution in [0.1, 0.15) is 0 Å². The van der Waals surface area contributed by atoms with E-state index in [0.717, 1.165) is 27.8 Å². The third-order valence-corrected chi connectivity index (χ3v) is 11.7. The maximum atomic E-state index is 5.22. The van der Waals surface area contributed by atoms with Crippen molar-refractivity contribution in [1.82, 2.24) is 4.98 Å². The molecule has 0 aliphatic carbocycles. The summed E-state index contributed by atoms with van der Waals surface area (Å²) in [6.07, 6.45) is 0. The summed E-state index contributed by atoms with van der Waals surface area (Å²) in [5.41, 5.74) is 11.5. The Balaban J connectivity index is 1.09. The summed E-state index contributed by atoms with van der Waals surface area (Å²) >= 11 is 3.69. The molecule has 0 amide bonds. The number of anilines is 3. The number of thiophene rings is 1. The molecule has 0 N–H and O–H groups in total. The highest BCUT2D eigenvalue weighted by atomic mass is 32.2. The molecule has 9 aromatic rings. The molecule has 0 unspecified atom stereocenters. The average molecular weight is 661 g/mol. The van der Waals surface area contributed by atoms with Gasteiger partial charge in [-0.2, -0.15) is 0 Å². The van der Waals surface area contributed by atoms with Crippen LogP contribution >= 0.6 is 23.1 Å². The first-order chi connectivity index (χ1) is 24.3. The lowest BCUT2D eigenvalue weighted by molar-refractivity contribution is 1.16. The van der Waals surface area contributed by atoms with E-state index in [-0.39, 0.29) is 0 Å². The zero-order valence-corrected chi connectivity index (χ0v) is 28.0. The standard InChI is InChI=1S/C45H28N2S2/c1-2-10-29(11-3-1)30-18-22-33(23-19-30)47-40-15-7-9-17-44(40)49-45-27-32(20-24-41(45)47)39-28-36(34-12-4-6-14-38(34)46-39)31-21-25-43-37(26-31)35-13-5-8-16-42(35)48-43/h1-28H. The van der Waals surface area contributed by atoms with Gasteiger partial charge in [-0.3, -0.25) is 0 Å². The SMILES string of the molecule is c1ccc(-c2ccc(N3c4ccccc4Sc4cc(-c5cc(-c6ccc7sc8ccccc8c7c6)c6ccccc6n5)ccc43)cc2)cc1. The average Bonchev–Trinajstić information content (AvgIpc) is 3.55.